The molecule has 3 rings (SSSR count). The van der Waals surface area contributed by atoms with Crippen molar-refractivity contribution in [3.8, 4) is 0 Å². The molecule has 4 heteroatoms. The molecule has 0 amide bonds. The molecule has 2 nitrogen and oxygen atoms in total. The summed E-state index contributed by atoms with van der Waals surface area (Å²) in [5.41, 5.74) is 4.49. The van der Waals surface area contributed by atoms with Gasteiger partial charge in [0.05, 0.1) is 11.2 Å². The lowest BCUT2D eigenvalue weighted by Gasteiger charge is -2.36. The van der Waals surface area contributed by atoms with Gasteiger partial charge in [-0.15, -0.1) is 11.3 Å². The average Bonchev–Trinajstić information content (AvgIpc) is 2.75. The summed E-state index contributed by atoms with van der Waals surface area (Å²) in [6, 6.07) is 8.91. The number of hydrogen-bond donors (Lipinski definition) is 1. The van der Waals surface area contributed by atoms with Gasteiger partial charge >= 0.3 is 0 Å². The van der Waals surface area contributed by atoms with Gasteiger partial charge in [-0.05, 0) is 43.4 Å². The normalized spacial score (nSPS) is 22.2. The molecule has 1 aliphatic carbocycles. The van der Waals surface area contributed by atoms with Crippen molar-refractivity contribution in [2.45, 2.75) is 38.3 Å². The van der Waals surface area contributed by atoms with E-state index >= 15 is 0 Å². The van der Waals surface area contributed by atoms with Gasteiger partial charge in [-0.3, -0.25) is 0 Å². The predicted octanol–water partition coefficient (Wildman–Crippen LogP) is 4.14. The van der Waals surface area contributed by atoms with Gasteiger partial charge < -0.3 is 5.32 Å². The summed E-state index contributed by atoms with van der Waals surface area (Å²) >= 11 is 7.65. The number of nitrogens with one attached hydrogen (secondary N) is 1. The molecule has 1 aliphatic rings. The van der Waals surface area contributed by atoms with Crippen molar-refractivity contribution in [1.29, 1.82) is 0 Å². The van der Waals surface area contributed by atoms with Gasteiger partial charge in [-0.25, -0.2) is 4.98 Å². The van der Waals surface area contributed by atoms with E-state index in [0.29, 0.717) is 12.0 Å². The minimum absolute atomic E-state index is 0.641. The molecule has 1 fully saturated rings. The Morgan fingerprint density at radius 1 is 1.32 bits per heavy atom. The molecule has 19 heavy (non-hydrogen) atoms. The van der Waals surface area contributed by atoms with Crippen LogP contribution < -0.4 is 5.32 Å². The Hall–Kier alpha value is -0.900. The number of aryl methyl sites for hydroxylation is 1. The Morgan fingerprint density at radius 3 is 2.68 bits per heavy atom. The highest BCUT2D eigenvalue weighted by Gasteiger charge is 2.29. The lowest BCUT2D eigenvalue weighted by Crippen LogP contribution is -2.39. The third-order valence-electron chi connectivity index (χ3n) is 3.88. The third-order valence-corrected chi connectivity index (χ3v) is 5.06. The van der Waals surface area contributed by atoms with E-state index in [4.69, 9.17) is 11.6 Å². The Balaban J connectivity index is 1.48. The minimum atomic E-state index is 0.641. The molecule has 1 aromatic carbocycles. The molecular weight excluding hydrogens is 276 g/mol. The van der Waals surface area contributed by atoms with Crippen LogP contribution in [0.4, 0.5) is 0 Å². The van der Waals surface area contributed by atoms with Crippen LogP contribution in [0.25, 0.3) is 0 Å². The Bertz CT molecular complexity index is 544. The molecule has 0 radical (unpaired) electrons. The molecule has 0 saturated heterocycles. The number of benzene rings is 1. The van der Waals surface area contributed by atoms with E-state index in [9.17, 15) is 0 Å². The Morgan fingerprint density at radius 2 is 2.05 bits per heavy atom. The highest BCUT2D eigenvalue weighted by Crippen LogP contribution is 2.37. The predicted molar refractivity (Wildman–Crippen MR) is 80.9 cm³/mol. The first-order valence-corrected chi connectivity index (χ1v) is 7.86. The van der Waals surface area contributed by atoms with Crippen LogP contribution in [0.1, 0.15) is 34.9 Å². The largest absolute Gasteiger partial charge is 0.309 e. The first kappa shape index (κ1) is 13.1. The van der Waals surface area contributed by atoms with Gasteiger partial charge in [0.2, 0.25) is 0 Å². The highest BCUT2D eigenvalue weighted by molar-refractivity contribution is 7.09. The van der Waals surface area contributed by atoms with Crippen LogP contribution in [0.2, 0.25) is 5.02 Å². The van der Waals surface area contributed by atoms with Crippen molar-refractivity contribution in [3.63, 3.8) is 0 Å². The zero-order chi connectivity index (χ0) is 13.2. The van der Waals surface area contributed by atoms with Crippen molar-refractivity contribution in [2.75, 3.05) is 0 Å². The van der Waals surface area contributed by atoms with E-state index in [1.54, 1.807) is 11.3 Å². The van der Waals surface area contributed by atoms with E-state index in [-0.39, 0.29) is 0 Å². The average molecular weight is 293 g/mol. The van der Waals surface area contributed by atoms with Crippen LogP contribution in [0.15, 0.2) is 29.8 Å². The molecule has 1 heterocycles. The summed E-state index contributed by atoms with van der Waals surface area (Å²) in [4.78, 5) is 5.63. The van der Waals surface area contributed by atoms with Crippen LogP contribution in [0, 0.1) is 6.92 Å². The molecule has 0 unspecified atom stereocenters. The second-order valence-electron chi connectivity index (χ2n) is 5.16. The number of hydrogen-bond acceptors (Lipinski definition) is 3. The molecule has 1 saturated carbocycles. The number of thiazole rings is 1. The molecule has 100 valence electrons. The first-order chi connectivity index (χ1) is 9.22. The maximum Gasteiger partial charge on any atom is 0.0798 e. The number of rotatable bonds is 4. The molecule has 0 atom stereocenters. The summed E-state index contributed by atoms with van der Waals surface area (Å²) in [5, 5.41) is 4.44. The van der Waals surface area contributed by atoms with E-state index in [1.165, 1.54) is 23.3 Å². The summed E-state index contributed by atoms with van der Waals surface area (Å²) in [5.74, 6) is 0.692. The fourth-order valence-corrected chi connectivity index (χ4v) is 3.38. The molecular formula is C15H17ClN2S. The van der Waals surface area contributed by atoms with Gasteiger partial charge in [0, 0.05) is 22.5 Å². The van der Waals surface area contributed by atoms with Crippen molar-refractivity contribution in [2.24, 2.45) is 0 Å². The smallest absolute Gasteiger partial charge is 0.0798 e. The van der Waals surface area contributed by atoms with E-state index < -0.39 is 0 Å². The Kier molecular flexibility index (Phi) is 3.87. The van der Waals surface area contributed by atoms with Gasteiger partial charge in [0.25, 0.3) is 0 Å². The van der Waals surface area contributed by atoms with Gasteiger partial charge in [0.1, 0.15) is 0 Å². The van der Waals surface area contributed by atoms with E-state index in [1.807, 2.05) is 17.6 Å². The molecule has 0 bridgehead atoms. The Labute approximate surface area is 122 Å². The van der Waals surface area contributed by atoms with Crippen molar-refractivity contribution in [3.05, 3.63) is 50.9 Å². The van der Waals surface area contributed by atoms with Crippen molar-refractivity contribution < 1.29 is 0 Å². The summed E-state index contributed by atoms with van der Waals surface area (Å²) < 4.78 is 0. The topological polar surface area (TPSA) is 24.9 Å². The molecule has 0 spiro atoms. The van der Waals surface area contributed by atoms with Crippen molar-refractivity contribution in [1.82, 2.24) is 10.3 Å². The number of halogens is 1. The number of nitrogens with zero attached hydrogens (tertiary/aromatic N) is 1. The summed E-state index contributed by atoms with van der Waals surface area (Å²) in [7, 11) is 0. The standard InChI is InChI=1S/C15H17ClN2S/c1-10-15(19-9-18-10)8-17-14-6-12(7-14)11-2-4-13(16)5-3-11/h2-5,9,12,14,17H,6-8H2,1H3. The van der Waals surface area contributed by atoms with Crippen LogP contribution in [-0.2, 0) is 6.54 Å². The second kappa shape index (κ2) is 5.61. The zero-order valence-corrected chi connectivity index (χ0v) is 12.5. The van der Waals surface area contributed by atoms with Gasteiger partial charge in [-0.2, -0.15) is 0 Å². The lowest BCUT2D eigenvalue weighted by molar-refractivity contribution is 0.290. The van der Waals surface area contributed by atoms with Crippen LogP contribution in [-0.4, -0.2) is 11.0 Å². The maximum atomic E-state index is 5.91. The lowest BCUT2D eigenvalue weighted by atomic mass is 9.76. The highest BCUT2D eigenvalue weighted by atomic mass is 35.5. The van der Waals surface area contributed by atoms with Crippen molar-refractivity contribution >= 4 is 22.9 Å². The van der Waals surface area contributed by atoms with E-state index in [2.05, 4.69) is 29.4 Å². The van der Waals surface area contributed by atoms with Crippen LogP contribution in [0.5, 0.6) is 0 Å². The van der Waals surface area contributed by atoms with Crippen LogP contribution in [0.3, 0.4) is 0 Å². The SMILES string of the molecule is Cc1ncsc1CNC1CC(c2ccc(Cl)cc2)C1. The molecule has 0 aliphatic heterocycles. The van der Waals surface area contributed by atoms with Gasteiger partial charge in [0.15, 0.2) is 0 Å². The summed E-state index contributed by atoms with van der Waals surface area (Å²) in [6.07, 6.45) is 2.44. The maximum absolute atomic E-state index is 5.91. The van der Waals surface area contributed by atoms with Crippen LogP contribution >= 0.6 is 22.9 Å². The molecule has 2 aromatic rings. The minimum Gasteiger partial charge on any atom is -0.309 e. The summed E-state index contributed by atoms with van der Waals surface area (Å²) in [6.45, 7) is 3.03. The molecule has 1 aromatic heterocycles. The fraction of sp³-hybridized carbons (Fsp3) is 0.400. The van der Waals surface area contributed by atoms with E-state index in [0.717, 1.165) is 17.3 Å². The third kappa shape index (κ3) is 2.99. The first-order valence-electron chi connectivity index (χ1n) is 6.60. The zero-order valence-electron chi connectivity index (χ0n) is 10.9. The monoisotopic (exact) mass is 292 g/mol. The number of aromatic nitrogens is 1. The van der Waals surface area contributed by atoms with Gasteiger partial charge in [-0.1, -0.05) is 23.7 Å². The fourth-order valence-electron chi connectivity index (χ4n) is 2.52. The quantitative estimate of drug-likeness (QED) is 0.916. The second-order valence-corrected chi connectivity index (χ2v) is 6.53. The molecule has 1 N–H and O–H groups in total.